The topological polar surface area (TPSA) is 122 Å². The van der Waals surface area contributed by atoms with Crippen molar-refractivity contribution in [3.8, 4) is 0 Å². The molecule has 1 aliphatic heterocycles. The molecule has 1 atom stereocenters. The Balaban J connectivity index is 1.45. The first-order chi connectivity index (χ1) is 14.3. The molecule has 0 saturated carbocycles. The number of anilines is 2. The number of sulfone groups is 1. The molecule has 0 aliphatic carbocycles. The number of nitrogens with zero attached hydrogens (tertiary/aromatic N) is 3. The summed E-state index contributed by atoms with van der Waals surface area (Å²) in [5.74, 6) is -0.593. The molecule has 2 aromatic carbocycles. The average Bonchev–Trinajstić information content (AvgIpc) is 3.34. The normalized spacial score (nSPS) is 16.6. The lowest BCUT2D eigenvalue weighted by Crippen LogP contribution is -2.24. The molecule has 10 heteroatoms. The first-order valence-electron chi connectivity index (χ1n) is 9.11. The molecule has 0 unspecified atom stereocenters. The lowest BCUT2D eigenvalue weighted by atomic mass is 10.1. The fraction of sp³-hybridized carbons (Fsp3) is 0.200. The van der Waals surface area contributed by atoms with Crippen molar-refractivity contribution in [3.05, 3.63) is 66.1 Å². The van der Waals surface area contributed by atoms with Crippen molar-refractivity contribution in [2.24, 2.45) is 0 Å². The zero-order chi connectivity index (χ0) is 21.3. The van der Waals surface area contributed by atoms with E-state index in [1.807, 2.05) is 0 Å². The fourth-order valence-electron chi connectivity index (χ4n) is 3.20. The number of amides is 2. The SMILES string of the molecule is CS(=O)(=O)c1ccc(N2C[C@@H](c3nnc(NC(=O)c4ccccc4)o3)CC2=O)cc1. The molecule has 4 rings (SSSR count). The van der Waals surface area contributed by atoms with Crippen molar-refractivity contribution in [3.63, 3.8) is 0 Å². The van der Waals surface area contributed by atoms with Crippen LogP contribution in [-0.4, -0.2) is 43.2 Å². The summed E-state index contributed by atoms with van der Waals surface area (Å²) in [6.07, 6.45) is 1.30. The summed E-state index contributed by atoms with van der Waals surface area (Å²) >= 11 is 0. The maximum Gasteiger partial charge on any atom is 0.322 e. The maximum absolute atomic E-state index is 12.5. The molecule has 9 nitrogen and oxygen atoms in total. The van der Waals surface area contributed by atoms with Gasteiger partial charge in [-0.1, -0.05) is 23.3 Å². The van der Waals surface area contributed by atoms with E-state index in [1.54, 1.807) is 47.4 Å². The second-order valence-electron chi connectivity index (χ2n) is 6.94. The highest BCUT2D eigenvalue weighted by molar-refractivity contribution is 7.90. The fourth-order valence-corrected chi connectivity index (χ4v) is 3.84. The lowest BCUT2D eigenvalue weighted by molar-refractivity contribution is -0.117. The summed E-state index contributed by atoms with van der Waals surface area (Å²) in [5.41, 5.74) is 1.05. The van der Waals surface area contributed by atoms with E-state index in [2.05, 4.69) is 15.5 Å². The molecule has 30 heavy (non-hydrogen) atoms. The summed E-state index contributed by atoms with van der Waals surface area (Å²) in [6.45, 7) is 0.311. The van der Waals surface area contributed by atoms with Crippen LogP contribution in [0.5, 0.6) is 0 Å². The smallest absolute Gasteiger partial charge is 0.322 e. The van der Waals surface area contributed by atoms with Gasteiger partial charge in [-0.05, 0) is 36.4 Å². The first-order valence-corrected chi connectivity index (χ1v) is 11.0. The van der Waals surface area contributed by atoms with Gasteiger partial charge in [0, 0.05) is 30.5 Å². The van der Waals surface area contributed by atoms with Gasteiger partial charge >= 0.3 is 6.01 Å². The molecule has 1 saturated heterocycles. The van der Waals surface area contributed by atoms with Crippen LogP contribution in [0.3, 0.4) is 0 Å². The molecule has 3 aromatic rings. The summed E-state index contributed by atoms with van der Waals surface area (Å²) in [7, 11) is -3.31. The lowest BCUT2D eigenvalue weighted by Gasteiger charge is -2.16. The molecule has 0 radical (unpaired) electrons. The van der Waals surface area contributed by atoms with E-state index in [1.165, 1.54) is 12.1 Å². The molecule has 0 spiro atoms. The van der Waals surface area contributed by atoms with Crippen LogP contribution in [0.25, 0.3) is 0 Å². The Morgan fingerprint density at radius 2 is 1.80 bits per heavy atom. The van der Waals surface area contributed by atoms with Crippen molar-refractivity contribution >= 4 is 33.4 Å². The quantitative estimate of drug-likeness (QED) is 0.664. The van der Waals surface area contributed by atoms with E-state index >= 15 is 0 Å². The van der Waals surface area contributed by atoms with Crippen LogP contribution in [0.4, 0.5) is 11.7 Å². The Labute approximate surface area is 172 Å². The predicted octanol–water partition coefficient (Wildman–Crippen LogP) is 2.25. The van der Waals surface area contributed by atoms with Gasteiger partial charge < -0.3 is 9.32 Å². The van der Waals surface area contributed by atoms with Crippen LogP contribution < -0.4 is 10.2 Å². The van der Waals surface area contributed by atoms with Gasteiger partial charge in [-0.2, -0.15) is 0 Å². The van der Waals surface area contributed by atoms with Gasteiger partial charge in [0.05, 0.1) is 10.8 Å². The van der Waals surface area contributed by atoms with E-state index in [-0.39, 0.29) is 41.0 Å². The van der Waals surface area contributed by atoms with E-state index in [4.69, 9.17) is 4.42 Å². The van der Waals surface area contributed by atoms with Crippen molar-refractivity contribution in [2.75, 3.05) is 23.0 Å². The average molecular weight is 426 g/mol. The van der Waals surface area contributed by atoms with Gasteiger partial charge in [-0.25, -0.2) is 8.42 Å². The Morgan fingerprint density at radius 1 is 1.10 bits per heavy atom. The second-order valence-corrected chi connectivity index (χ2v) is 8.95. The molecule has 154 valence electrons. The zero-order valence-corrected chi connectivity index (χ0v) is 16.8. The Kier molecular flexibility index (Phi) is 5.08. The standard InChI is InChI=1S/C20H18N4O5S/c1-30(27,28)16-9-7-15(8-10-16)24-12-14(11-17(24)25)19-22-23-20(29-19)21-18(26)13-5-3-2-4-6-13/h2-10,14H,11-12H2,1H3,(H,21,23,26)/t14-/m0/s1. The predicted molar refractivity (Wildman–Crippen MR) is 108 cm³/mol. The van der Waals surface area contributed by atoms with Crippen LogP contribution in [-0.2, 0) is 14.6 Å². The maximum atomic E-state index is 12.5. The third-order valence-electron chi connectivity index (χ3n) is 4.75. The molecule has 1 fully saturated rings. The van der Waals surface area contributed by atoms with Crippen LogP contribution in [0.15, 0.2) is 63.9 Å². The monoisotopic (exact) mass is 426 g/mol. The van der Waals surface area contributed by atoms with Crippen LogP contribution in [0.1, 0.15) is 28.6 Å². The van der Waals surface area contributed by atoms with Crippen molar-refractivity contribution in [1.82, 2.24) is 10.2 Å². The van der Waals surface area contributed by atoms with E-state index < -0.39 is 9.84 Å². The van der Waals surface area contributed by atoms with Gasteiger partial charge in [0.2, 0.25) is 11.8 Å². The number of rotatable bonds is 5. The largest absolute Gasteiger partial charge is 0.407 e. The Bertz CT molecular complexity index is 1190. The molecular formula is C20H18N4O5S. The Morgan fingerprint density at radius 3 is 2.47 bits per heavy atom. The first kappa shape index (κ1) is 19.8. The minimum absolute atomic E-state index is 0.0396. The summed E-state index contributed by atoms with van der Waals surface area (Å²) < 4.78 is 28.7. The number of hydrogen-bond acceptors (Lipinski definition) is 7. The number of carbonyl (C=O) groups is 2. The number of carbonyl (C=O) groups excluding carboxylic acids is 2. The van der Waals surface area contributed by atoms with Crippen molar-refractivity contribution in [2.45, 2.75) is 17.2 Å². The number of aromatic nitrogens is 2. The number of benzene rings is 2. The van der Waals surface area contributed by atoms with Gasteiger partial charge in [0.1, 0.15) is 0 Å². The third kappa shape index (κ3) is 4.08. The van der Waals surface area contributed by atoms with E-state index in [9.17, 15) is 18.0 Å². The van der Waals surface area contributed by atoms with Crippen LogP contribution in [0.2, 0.25) is 0 Å². The zero-order valence-electron chi connectivity index (χ0n) is 16.0. The summed E-state index contributed by atoms with van der Waals surface area (Å²) in [6, 6.07) is 14.7. The van der Waals surface area contributed by atoms with Gasteiger partial charge in [0.25, 0.3) is 5.91 Å². The molecule has 1 N–H and O–H groups in total. The van der Waals surface area contributed by atoms with Gasteiger partial charge in [-0.3, -0.25) is 14.9 Å². The third-order valence-corrected chi connectivity index (χ3v) is 5.88. The van der Waals surface area contributed by atoms with Gasteiger partial charge in [-0.15, -0.1) is 5.10 Å². The molecule has 0 bridgehead atoms. The highest BCUT2D eigenvalue weighted by Crippen LogP contribution is 2.32. The molecule has 1 aliphatic rings. The minimum atomic E-state index is -3.31. The van der Waals surface area contributed by atoms with E-state index in [0.717, 1.165) is 6.26 Å². The minimum Gasteiger partial charge on any atom is -0.407 e. The summed E-state index contributed by atoms with van der Waals surface area (Å²) in [4.78, 5) is 26.4. The molecule has 2 heterocycles. The highest BCUT2D eigenvalue weighted by atomic mass is 32.2. The Hall–Kier alpha value is -3.53. The summed E-state index contributed by atoms with van der Waals surface area (Å²) in [5, 5.41) is 10.3. The van der Waals surface area contributed by atoms with Crippen molar-refractivity contribution < 1.29 is 22.4 Å². The molecule has 2 amide bonds. The highest BCUT2D eigenvalue weighted by Gasteiger charge is 2.35. The number of hydrogen-bond donors (Lipinski definition) is 1. The van der Waals surface area contributed by atoms with Gasteiger partial charge in [0.15, 0.2) is 9.84 Å². The molecule has 1 aromatic heterocycles. The van der Waals surface area contributed by atoms with Crippen LogP contribution >= 0.6 is 0 Å². The van der Waals surface area contributed by atoms with Crippen molar-refractivity contribution in [1.29, 1.82) is 0 Å². The van der Waals surface area contributed by atoms with E-state index in [0.29, 0.717) is 17.8 Å². The molecular weight excluding hydrogens is 408 g/mol. The van der Waals surface area contributed by atoms with Crippen LogP contribution in [0, 0.1) is 0 Å². The second kappa shape index (κ2) is 7.71. The number of nitrogens with one attached hydrogen (secondary N) is 1.